The van der Waals surface area contributed by atoms with Crippen molar-refractivity contribution >= 4 is 34.8 Å². The van der Waals surface area contributed by atoms with Crippen molar-refractivity contribution < 1.29 is 18.7 Å². The van der Waals surface area contributed by atoms with Gasteiger partial charge in [-0.1, -0.05) is 24.6 Å². The third kappa shape index (κ3) is 6.08. The number of hydrogen-bond acceptors (Lipinski definition) is 3. The highest BCUT2D eigenvalue weighted by atomic mass is 35.5. The Morgan fingerprint density at radius 1 is 1.08 bits per heavy atom. The first-order chi connectivity index (χ1) is 12.0. The van der Waals surface area contributed by atoms with Gasteiger partial charge < -0.3 is 15.4 Å². The fraction of sp³-hybridized carbons (Fsp3) is 0.222. The first-order valence-electron chi connectivity index (χ1n) is 7.75. The Morgan fingerprint density at radius 2 is 1.76 bits per heavy atom. The first-order valence-corrected chi connectivity index (χ1v) is 8.13. The summed E-state index contributed by atoms with van der Waals surface area (Å²) >= 11 is 5.65. The zero-order valence-electron chi connectivity index (χ0n) is 13.6. The van der Waals surface area contributed by atoms with E-state index in [4.69, 9.17) is 16.3 Å². The molecule has 0 spiro atoms. The number of rotatable bonds is 7. The average Bonchev–Trinajstić information content (AvgIpc) is 2.56. The van der Waals surface area contributed by atoms with Gasteiger partial charge in [0.05, 0.1) is 5.02 Å². The molecule has 0 saturated heterocycles. The van der Waals surface area contributed by atoms with Gasteiger partial charge in [0.2, 0.25) is 5.91 Å². The van der Waals surface area contributed by atoms with Crippen LogP contribution in [0.5, 0.6) is 5.75 Å². The van der Waals surface area contributed by atoms with Crippen molar-refractivity contribution in [3.8, 4) is 5.75 Å². The normalized spacial score (nSPS) is 10.2. The number of nitrogens with one attached hydrogen (secondary N) is 2. The summed E-state index contributed by atoms with van der Waals surface area (Å²) in [5.74, 6) is -0.734. The molecule has 0 aromatic heterocycles. The molecule has 2 amide bonds. The van der Waals surface area contributed by atoms with E-state index in [1.165, 1.54) is 12.1 Å². The minimum absolute atomic E-state index is 0.0755. The number of anilines is 2. The lowest BCUT2D eigenvalue weighted by atomic mass is 10.2. The van der Waals surface area contributed by atoms with Crippen LogP contribution in [0, 0.1) is 5.82 Å². The zero-order valence-corrected chi connectivity index (χ0v) is 14.4. The smallest absolute Gasteiger partial charge is 0.262 e. The van der Waals surface area contributed by atoms with Gasteiger partial charge in [0.15, 0.2) is 6.61 Å². The first kappa shape index (κ1) is 18.7. The van der Waals surface area contributed by atoms with Crippen molar-refractivity contribution in [1.82, 2.24) is 0 Å². The van der Waals surface area contributed by atoms with Crippen molar-refractivity contribution in [1.29, 1.82) is 0 Å². The largest absolute Gasteiger partial charge is 0.484 e. The molecule has 0 atom stereocenters. The van der Waals surface area contributed by atoms with Crippen LogP contribution in [0.15, 0.2) is 42.5 Å². The third-order valence-corrected chi connectivity index (χ3v) is 3.46. The Bertz CT molecular complexity index is 768. The summed E-state index contributed by atoms with van der Waals surface area (Å²) in [7, 11) is 0. The summed E-state index contributed by atoms with van der Waals surface area (Å²) < 4.78 is 18.3. The fourth-order valence-corrected chi connectivity index (χ4v) is 2.21. The average molecular weight is 365 g/mol. The van der Waals surface area contributed by atoms with Gasteiger partial charge in [-0.25, -0.2) is 4.39 Å². The second-order valence-corrected chi connectivity index (χ2v) is 5.70. The van der Waals surface area contributed by atoms with Gasteiger partial charge in [-0.05, 0) is 36.8 Å². The van der Waals surface area contributed by atoms with Gasteiger partial charge in [-0.2, -0.15) is 0 Å². The molecule has 0 aliphatic heterocycles. The summed E-state index contributed by atoms with van der Waals surface area (Å²) in [6.07, 6.45) is 1.19. The van der Waals surface area contributed by atoms with Gasteiger partial charge in [0, 0.05) is 23.9 Å². The van der Waals surface area contributed by atoms with Crippen LogP contribution in [0.4, 0.5) is 15.8 Å². The topological polar surface area (TPSA) is 67.4 Å². The molecule has 0 saturated carbocycles. The van der Waals surface area contributed by atoms with Gasteiger partial charge in [0.1, 0.15) is 11.6 Å². The highest BCUT2D eigenvalue weighted by molar-refractivity contribution is 6.30. The monoisotopic (exact) mass is 364 g/mol. The number of halogens is 2. The maximum absolute atomic E-state index is 13.1. The van der Waals surface area contributed by atoms with Crippen molar-refractivity contribution in [2.75, 3.05) is 17.2 Å². The summed E-state index contributed by atoms with van der Waals surface area (Å²) in [6.45, 7) is 1.67. The van der Waals surface area contributed by atoms with Crippen molar-refractivity contribution in [3.05, 3.63) is 53.3 Å². The Hall–Kier alpha value is -2.60. The molecular formula is C18H18ClFN2O3. The molecular weight excluding hydrogens is 347 g/mol. The number of hydrogen-bond donors (Lipinski definition) is 2. The van der Waals surface area contributed by atoms with Crippen LogP contribution >= 0.6 is 11.6 Å². The fourth-order valence-electron chi connectivity index (χ4n) is 2.04. The Labute approximate surface area is 150 Å². The molecule has 0 aliphatic carbocycles. The predicted octanol–water partition coefficient (Wildman–Crippen LogP) is 4.24. The van der Waals surface area contributed by atoms with Crippen LogP contribution in [0.2, 0.25) is 5.02 Å². The summed E-state index contributed by atoms with van der Waals surface area (Å²) in [4.78, 5) is 23.5. The SMILES string of the molecule is CCCC(=O)Nc1cccc(NC(=O)COc2ccc(F)c(Cl)c2)c1. The molecule has 25 heavy (non-hydrogen) atoms. The Kier molecular flexibility index (Phi) is 6.77. The second-order valence-electron chi connectivity index (χ2n) is 5.29. The highest BCUT2D eigenvalue weighted by Crippen LogP contribution is 2.21. The molecule has 0 bridgehead atoms. The van der Waals surface area contributed by atoms with E-state index in [-0.39, 0.29) is 17.5 Å². The van der Waals surface area contributed by atoms with E-state index in [2.05, 4.69) is 10.6 Å². The number of amides is 2. The lowest BCUT2D eigenvalue weighted by Crippen LogP contribution is -2.20. The lowest BCUT2D eigenvalue weighted by Gasteiger charge is -2.10. The van der Waals surface area contributed by atoms with Crippen LogP contribution in [-0.4, -0.2) is 18.4 Å². The van der Waals surface area contributed by atoms with E-state index in [0.717, 1.165) is 12.5 Å². The zero-order chi connectivity index (χ0) is 18.2. The van der Waals surface area contributed by atoms with E-state index in [1.54, 1.807) is 24.3 Å². The molecule has 0 fully saturated rings. The summed E-state index contributed by atoms with van der Waals surface area (Å²) in [5, 5.41) is 5.34. The minimum atomic E-state index is -0.555. The second kappa shape index (κ2) is 9.03. The number of carbonyl (C=O) groups is 2. The standard InChI is InChI=1S/C18H18ClFN2O3/c1-2-4-17(23)21-12-5-3-6-13(9-12)22-18(24)11-25-14-7-8-16(20)15(19)10-14/h3,5-10H,2,4,11H2,1H3,(H,21,23)(H,22,24). The van der Waals surface area contributed by atoms with E-state index in [0.29, 0.717) is 23.5 Å². The molecule has 0 radical (unpaired) electrons. The molecule has 0 aliphatic rings. The van der Waals surface area contributed by atoms with Crippen molar-refractivity contribution in [2.45, 2.75) is 19.8 Å². The quantitative estimate of drug-likeness (QED) is 0.772. The molecule has 132 valence electrons. The number of benzene rings is 2. The van der Waals surface area contributed by atoms with Crippen LogP contribution in [0.25, 0.3) is 0 Å². The molecule has 2 aromatic carbocycles. The molecule has 7 heteroatoms. The molecule has 0 heterocycles. The minimum Gasteiger partial charge on any atom is -0.484 e. The van der Waals surface area contributed by atoms with Gasteiger partial charge in [-0.15, -0.1) is 0 Å². The Balaban J connectivity index is 1.89. The number of carbonyl (C=O) groups excluding carboxylic acids is 2. The van der Waals surface area contributed by atoms with Gasteiger partial charge in [-0.3, -0.25) is 9.59 Å². The summed E-state index contributed by atoms with van der Waals surface area (Å²) in [6, 6.07) is 10.7. The van der Waals surface area contributed by atoms with Crippen molar-refractivity contribution in [2.24, 2.45) is 0 Å². The maximum atomic E-state index is 13.1. The van der Waals surface area contributed by atoms with Gasteiger partial charge >= 0.3 is 0 Å². The van der Waals surface area contributed by atoms with Crippen LogP contribution in [-0.2, 0) is 9.59 Å². The van der Waals surface area contributed by atoms with Crippen molar-refractivity contribution in [3.63, 3.8) is 0 Å². The maximum Gasteiger partial charge on any atom is 0.262 e. The highest BCUT2D eigenvalue weighted by Gasteiger charge is 2.07. The van der Waals surface area contributed by atoms with Gasteiger partial charge in [0.25, 0.3) is 5.91 Å². The van der Waals surface area contributed by atoms with E-state index < -0.39 is 11.7 Å². The van der Waals surface area contributed by atoms with Crippen LogP contribution in [0.1, 0.15) is 19.8 Å². The molecule has 2 N–H and O–H groups in total. The Morgan fingerprint density at radius 3 is 2.40 bits per heavy atom. The molecule has 5 nitrogen and oxygen atoms in total. The molecule has 0 unspecified atom stereocenters. The lowest BCUT2D eigenvalue weighted by molar-refractivity contribution is -0.118. The van der Waals surface area contributed by atoms with Crippen LogP contribution in [0.3, 0.4) is 0 Å². The summed E-state index contributed by atoms with van der Waals surface area (Å²) in [5.41, 5.74) is 1.13. The van der Waals surface area contributed by atoms with Crippen LogP contribution < -0.4 is 15.4 Å². The van der Waals surface area contributed by atoms with E-state index in [9.17, 15) is 14.0 Å². The van der Waals surface area contributed by atoms with E-state index in [1.807, 2.05) is 6.92 Å². The molecule has 2 aromatic rings. The number of ether oxygens (including phenoxy) is 1. The van der Waals surface area contributed by atoms with E-state index >= 15 is 0 Å². The predicted molar refractivity (Wildman–Crippen MR) is 95.5 cm³/mol. The third-order valence-electron chi connectivity index (χ3n) is 3.17. The molecule has 2 rings (SSSR count).